The number of aliphatic hydroxyl groups is 1. The average molecular weight is 360 g/mol. The molecule has 2 aromatic carbocycles. The summed E-state index contributed by atoms with van der Waals surface area (Å²) >= 11 is 0. The molecule has 6 heteroatoms. The van der Waals surface area contributed by atoms with Crippen molar-refractivity contribution in [3.8, 4) is 5.75 Å². The third-order valence-electron chi connectivity index (χ3n) is 4.74. The molecule has 1 atom stereocenters. The maximum absolute atomic E-state index is 12.6. The van der Waals surface area contributed by atoms with E-state index in [2.05, 4.69) is 0 Å². The van der Waals surface area contributed by atoms with E-state index in [4.69, 9.17) is 4.18 Å². The van der Waals surface area contributed by atoms with Crippen LogP contribution in [0.1, 0.15) is 29.5 Å². The quantitative estimate of drug-likeness (QED) is 0.829. The fraction of sp³-hybridized carbons (Fsp3) is 0.316. The number of ketones is 1. The minimum Gasteiger partial charge on any atom is -0.395 e. The van der Waals surface area contributed by atoms with Crippen molar-refractivity contribution in [1.82, 2.24) is 0 Å². The van der Waals surface area contributed by atoms with Gasteiger partial charge in [-0.15, -0.1) is 0 Å². The molecule has 0 heterocycles. The summed E-state index contributed by atoms with van der Waals surface area (Å²) in [6.45, 7) is 3.31. The summed E-state index contributed by atoms with van der Waals surface area (Å²) in [5.74, 6) is -0.000822. The lowest BCUT2D eigenvalue weighted by molar-refractivity contribution is -0.134. The second-order valence-corrected chi connectivity index (χ2v) is 8.06. The number of carbonyl (C=O) groups excluding carboxylic acids is 1. The summed E-state index contributed by atoms with van der Waals surface area (Å²) in [5, 5.41) is 9.77. The smallest absolute Gasteiger partial charge is 0.339 e. The molecule has 0 amide bonds. The molecule has 0 aliphatic heterocycles. The van der Waals surface area contributed by atoms with Crippen molar-refractivity contribution < 1.29 is 22.5 Å². The normalized spacial score (nSPS) is 20.2. The van der Waals surface area contributed by atoms with Crippen molar-refractivity contribution in [3.63, 3.8) is 0 Å². The summed E-state index contributed by atoms with van der Waals surface area (Å²) < 4.78 is 30.6. The van der Waals surface area contributed by atoms with Crippen LogP contribution in [0.4, 0.5) is 0 Å². The molecule has 1 aliphatic rings. The van der Waals surface area contributed by atoms with Gasteiger partial charge in [0, 0.05) is 12.0 Å². The van der Waals surface area contributed by atoms with Crippen LogP contribution < -0.4 is 4.18 Å². The number of benzene rings is 2. The average Bonchev–Trinajstić information content (AvgIpc) is 2.56. The summed E-state index contributed by atoms with van der Waals surface area (Å²) in [7, 11) is -4.03. The van der Waals surface area contributed by atoms with Crippen molar-refractivity contribution >= 4 is 15.9 Å². The maximum atomic E-state index is 12.6. The van der Waals surface area contributed by atoms with Gasteiger partial charge < -0.3 is 9.29 Å². The molecule has 3 rings (SSSR count). The van der Waals surface area contributed by atoms with Crippen LogP contribution in [0.5, 0.6) is 5.75 Å². The Morgan fingerprint density at radius 2 is 1.72 bits per heavy atom. The van der Waals surface area contributed by atoms with Crippen molar-refractivity contribution in [3.05, 3.63) is 59.2 Å². The predicted molar refractivity (Wildman–Crippen MR) is 93.2 cm³/mol. The second-order valence-electron chi connectivity index (χ2n) is 6.51. The molecule has 132 valence electrons. The van der Waals surface area contributed by atoms with Crippen molar-refractivity contribution in [1.29, 1.82) is 0 Å². The summed E-state index contributed by atoms with van der Waals surface area (Å²) in [6, 6.07) is 11.4. The molecule has 2 aromatic rings. The Kier molecular flexibility index (Phi) is 4.43. The van der Waals surface area contributed by atoms with Crippen LogP contribution in [-0.2, 0) is 20.3 Å². The van der Waals surface area contributed by atoms with Gasteiger partial charge in [0.1, 0.15) is 16.4 Å². The van der Waals surface area contributed by atoms with Gasteiger partial charge in [-0.3, -0.25) is 4.79 Å². The summed E-state index contributed by atoms with van der Waals surface area (Å²) in [4.78, 5) is 12.2. The molecular weight excluding hydrogens is 340 g/mol. The minimum absolute atomic E-state index is 0.0449. The lowest BCUT2D eigenvalue weighted by Gasteiger charge is -2.39. The number of hydrogen-bond acceptors (Lipinski definition) is 5. The first kappa shape index (κ1) is 17.6. The molecule has 0 aromatic heterocycles. The standard InChI is InChI=1S/C19H20O5S/c1-13-3-6-15(7-4-13)25(22,23)24-17-11-14(2)5-8-16(17)19(12-20)10-9-18(19)21/h3-8,11,20H,9-10,12H2,1-2H3/t19-/m0/s1. The van der Waals surface area contributed by atoms with E-state index in [1.807, 2.05) is 13.8 Å². The number of aliphatic hydroxyl groups excluding tert-OH is 1. The van der Waals surface area contributed by atoms with E-state index >= 15 is 0 Å². The Balaban J connectivity index is 2.04. The van der Waals surface area contributed by atoms with Crippen molar-refractivity contribution in [2.45, 2.75) is 37.0 Å². The van der Waals surface area contributed by atoms with Gasteiger partial charge in [-0.2, -0.15) is 8.42 Å². The van der Waals surface area contributed by atoms with Gasteiger partial charge in [0.05, 0.1) is 12.0 Å². The van der Waals surface area contributed by atoms with E-state index in [1.54, 1.807) is 30.3 Å². The van der Waals surface area contributed by atoms with E-state index < -0.39 is 15.5 Å². The molecule has 1 aliphatic carbocycles. The lowest BCUT2D eigenvalue weighted by atomic mass is 9.63. The monoisotopic (exact) mass is 360 g/mol. The number of carbonyl (C=O) groups is 1. The molecule has 0 unspecified atom stereocenters. The zero-order valence-electron chi connectivity index (χ0n) is 14.2. The Bertz CT molecular complexity index is 911. The molecule has 25 heavy (non-hydrogen) atoms. The highest BCUT2D eigenvalue weighted by Gasteiger charge is 2.49. The van der Waals surface area contributed by atoms with Crippen LogP contribution in [0.25, 0.3) is 0 Å². The Hall–Kier alpha value is -2.18. The van der Waals surface area contributed by atoms with E-state index in [0.29, 0.717) is 18.4 Å². The number of hydrogen-bond donors (Lipinski definition) is 1. The van der Waals surface area contributed by atoms with Gasteiger partial charge in [0.15, 0.2) is 0 Å². The number of aryl methyl sites for hydroxylation is 2. The van der Waals surface area contributed by atoms with Crippen LogP contribution in [0.2, 0.25) is 0 Å². The molecule has 1 saturated carbocycles. The first-order chi connectivity index (χ1) is 11.8. The second kappa shape index (κ2) is 6.28. The molecular formula is C19H20O5S. The minimum atomic E-state index is -4.03. The highest BCUT2D eigenvalue weighted by atomic mass is 32.2. The third-order valence-corrected chi connectivity index (χ3v) is 5.99. The van der Waals surface area contributed by atoms with Crippen LogP contribution >= 0.6 is 0 Å². The van der Waals surface area contributed by atoms with E-state index in [9.17, 15) is 18.3 Å². The fourth-order valence-corrected chi connectivity index (χ4v) is 3.97. The van der Waals surface area contributed by atoms with Crippen LogP contribution in [0, 0.1) is 13.8 Å². The highest BCUT2D eigenvalue weighted by Crippen LogP contribution is 2.44. The van der Waals surface area contributed by atoms with Gasteiger partial charge in [0.2, 0.25) is 0 Å². The van der Waals surface area contributed by atoms with E-state index in [-0.39, 0.29) is 23.0 Å². The Morgan fingerprint density at radius 3 is 2.24 bits per heavy atom. The van der Waals surface area contributed by atoms with E-state index in [1.165, 1.54) is 12.1 Å². The molecule has 1 N–H and O–H groups in total. The zero-order chi connectivity index (χ0) is 18.2. The first-order valence-corrected chi connectivity index (χ1v) is 9.46. The molecule has 5 nitrogen and oxygen atoms in total. The molecule has 0 radical (unpaired) electrons. The zero-order valence-corrected chi connectivity index (χ0v) is 15.0. The topological polar surface area (TPSA) is 80.7 Å². The number of Topliss-reactive ketones (excluding diaryl/α,β-unsaturated/α-hetero) is 1. The Labute approximate surface area is 147 Å². The number of rotatable bonds is 5. The fourth-order valence-electron chi connectivity index (χ4n) is 3.03. The maximum Gasteiger partial charge on any atom is 0.339 e. The molecule has 0 saturated heterocycles. The first-order valence-electron chi connectivity index (χ1n) is 8.05. The predicted octanol–water partition coefficient (Wildman–Crippen LogP) is 2.66. The van der Waals surface area contributed by atoms with Crippen LogP contribution in [0.15, 0.2) is 47.4 Å². The van der Waals surface area contributed by atoms with Gasteiger partial charge in [-0.05, 0) is 44.0 Å². The molecule has 0 bridgehead atoms. The van der Waals surface area contributed by atoms with Gasteiger partial charge >= 0.3 is 10.1 Å². The third kappa shape index (κ3) is 3.07. The van der Waals surface area contributed by atoms with Gasteiger partial charge in [0.25, 0.3) is 0 Å². The van der Waals surface area contributed by atoms with Crippen molar-refractivity contribution in [2.75, 3.05) is 6.61 Å². The van der Waals surface area contributed by atoms with E-state index in [0.717, 1.165) is 11.1 Å². The lowest BCUT2D eigenvalue weighted by Crippen LogP contribution is -2.48. The summed E-state index contributed by atoms with van der Waals surface area (Å²) in [5.41, 5.74) is 1.10. The Morgan fingerprint density at radius 1 is 1.08 bits per heavy atom. The SMILES string of the molecule is Cc1ccc(S(=O)(=O)Oc2cc(C)ccc2[C@@]2(CO)CCC2=O)cc1. The molecule has 1 fully saturated rings. The highest BCUT2D eigenvalue weighted by molar-refractivity contribution is 7.87. The van der Waals surface area contributed by atoms with Crippen LogP contribution in [-0.4, -0.2) is 25.9 Å². The molecule has 0 spiro atoms. The van der Waals surface area contributed by atoms with Gasteiger partial charge in [-0.1, -0.05) is 29.8 Å². The van der Waals surface area contributed by atoms with Gasteiger partial charge in [-0.25, -0.2) is 0 Å². The van der Waals surface area contributed by atoms with Crippen LogP contribution in [0.3, 0.4) is 0 Å². The van der Waals surface area contributed by atoms with Crippen molar-refractivity contribution in [2.24, 2.45) is 0 Å². The largest absolute Gasteiger partial charge is 0.395 e. The summed E-state index contributed by atoms with van der Waals surface area (Å²) in [6.07, 6.45) is 0.852.